The number of aromatic nitrogens is 1. The smallest absolute Gasteiger partial charge is 0.325 e. The van der Waals surface area contributed by atoms with Crippen molar-refractivity contribution in [1.82, 2.24) is 14.8 Å². The Bertz CT molecular complexity index is 1260. The first kappa shape index (κ1) is 25.0. The molecule has 0 radical (unpaired) electrons. The van der Waals surface area contributed by atoms with Gasteiger partial charge in [0.15, 0.2) is 11.3 Å². The van der Waals surface area contributed by atoms with Crippen LogP contribution in [0.1, 0.15) is 52.8 Å². The average Bonchev–Trinajstić information content (AvgIpc) is 3.31. The first-order valence-corrected chi connectivity index (χ1v) is 11.8. The molecular formula is C28H31N3O5. The van der Waals surface area contributed by atoms with E-state index in [1.54, 1.807) is 62.8 Å². The van der Waals surface area contributed by atoms with Gasteiger partial charge in [0.1, 0.15) is 11.5 Å². The molecule has 1 aromatic heterocycles. The van der Waals surface area contributed by atoms with E-state index in [-0.39, 0.29) is 18.4 Å². The molecule has 1 fully saturated rings. The van der Waals surface area contributed by atoms with Crippen molar-refractivity contribution in [3.63, 3.8) is 0 Å². The Balaban J connectivity index is 1.74. The predicted molar refractivity (Wildman–Crippen MR) is 136 cm³/mol. The second-order valence-corrected chi connectivity index (χ2v) is 9.20. The molecule has 1 N–H and O–H groups in total. The van der Waals surface area contributed by atoms with E-state index in [4.69, 9.17) is 9.47 Å². The van der Waals surface area contributed by atoms with Crippen molar-refractivity contribution in [2.24, 2.45) is 0 Å². The summed E-state index contributed by atoms with van der Waals surface area (Å²) in [6.07, 6.45) is 0. The molecule has 2 aromatic carbocycles. The van der Waals surface area contributed by atoms with E-state index in [1.807, 2.05) is 33.8 Å². The highest BCUT2D eigenvalue weighted by atomic mass is 16.5. The van der Waals surface area contributed by atoms with E-state index in [0.29, 0.717) is 28.2 Å². The Hall–Kier alpha value is -4.07. The molecule has 3 amide bonds. The zero-order chi connectivity index (χ0) is 26.2. The molecule has 0 unspecified atom stereocenters. The number of nitrogens with zero attached hydrogens (tertiary/aromatic N) is 2. The van der Waals surface area contributed by atoms with Crippen LogP contribution in [0.15, 0.2) is 54.6 Å². The molecule has 0 spiro atoms. The van der Waals surface area contributed by atoms with Gasteiger partial charge in [0.2, 0.25) is 0 Å². The molecule has 8 heteroatoms. The summed E-state index contributed by atoms with van der Waals surface area (Å²) >= 11 is 0. The topological polar surface area (TPSA) is 89.9 Å². The minimum absolute atomic E-state index is 0.182. The summed E-state index contributed by atoms with van der Waals surface area (Å²) in [6, 6.07) is 15.2. The standard InChI is InChI=1S/C28H31N3O5/c1-17(2)31-18(3)15-24(19(31)4)25(32)16-30-26(33)28(29-27(30)34,20-7-11-22(35-5)12-8-20)21-9-13-23(36-6)14-10-21/h7-15,17H,16H2,1-6H3,(H,29,34). The third kappa shape index (κ3) is 4.02. The lowest BCUT2D eigenvalue weighted by Gasteiger charge is -2.28. The van der Waals surface area contributed by atoms with E-state index in [9.17, 15) is 14.4 Å². The van der Waals surface area contributed by atoms with Gasteiger partial charge < -0.3 is 19.4 Å². The molecule has 0 aliphatic carbocycles. The monoisotopic (exact) mass is 489 g/mol. The fraction of sp³-hybridized carbons (Fsp3) is 0.321. The third-order valence-corrected chi connectivity index (χ3v) is 6.75. The van der Waals surface area contributed by atoms with Crippen molar-refractivity contribution in [3.8, 4) is 11.5 Å². The number of hydrogen-bond acceptors (Lipinski definition) is 5. The van der Waals surface area contributed by atoms with Crippen molar-refractivity contribution < 1.29 is 23.9 Å². The van der Waals surface area contributed by atoms with Crippen molar-refractivity contribution in [2.45, 2.75) is 39.3 Å². The Morgan fingerprint density at radius 2 is 1.42 bits per heavy atom. The summed E-state index contributed by atoms with van der Waals surface area (Å²) < 4.78 is 12.6. The highest BCUT2D eigenvalue weighted by molar-refractivity contribution is 6.13. The Labute approximate surface area is 210 Å². The van der Waals surface area contributed by atoms with Gasteiger partial charge in [0.05, 0.1) is 20.8 Å². The molecule has 1 saturated heterocycles. The average molecular weight is 490 g/mol. The van der Waals surface area contributed by atoms with Crippen LogP contribution in [0.3, 0.4) is 0 Å². The number of imide groups is 1. The number of hydrogen-bond donors (Lipinski definition) is 1. The van der Waals surface area contributed by atoms with Crippen LogP contribution in [0.4, 0.5) is 4.79 Å². The van der Waals surface area contributed by atoms with Crippen LogP contribution < -0.4 is 14.8 Å². The van der Waals surface area contributed by atoms with E-state index >= 15 is 0 Å². The number of urea groups is 1. The zero-order valence-corrected chi connectivity index (χ0v) is 21.4. The first-order chi connectivity index (χ1) is 17.1. The number of ether oxygens (including phenoxy) is 2. The molecule has 1 aliphatic heterocycles. The summed E-state index contributed by atoms with van der Waals surface area (Å²) in [5.41, 5.74) is 1.89. The fourth-order valence-corrected chi connectivity index (χ4v) is 5.04. The molecule has 188 valence electrons. The zero-order valence-electron chi connectivity index (χ0n) is 21.4. The van der Waals surface area contributed by atoms with Crippen molar-refractivity contribution in [2.75, 3.05) is 20.8 Å². The van der Waals surface area contributed by atoms with Crippen LogP contribution in [0, 0.1) is 13.8 Å². The fourth-order valence-electron chi connectivity index (χ4n) is 5.04. The summed E-state index contributed by atoms with van der Waals surface area (Å²) in [7, 11) is 3.11. The number of rotatable bonds is 8. The quantitative estimate of drug-likeness (QED) is 0.375. The second kappa shape index (κ2) is 9.53. The molecule has 0 atom stereocenters. The van der Waals surface area contributed by atoms with Crippen LogP contribution in [-0.2, 0) is 10.3 Å². The van der Waals surface area contributed by atoms with Gasteiger partial charge in [0, 0.05) is 23.0 Å². The van der Waals surface area contributed by atoms with Crippen LogP contribution >= 0.6 is 0 Å². The van der Waals surface area contributed by atoms with Gasteiger partial charge in [-0.2, -0.15) is 0 Å². The van der Waals surface area contributed by atoms with Crippen molar-refractivity contribution >= 4 is 17.7 Å². The summed E-state index contributed by atoms with van der Waals surface area (Å²) in [6.45, 7) is 7.55. The number of amides is 3. The van der Waals surface area contributed by atoms with Gasteiger partial charge in [0.25, 0.3) is 5.91 Å². The molecule has 36 heavy (non-hydrogen) atoms. The first-order valence-electron chi connectivity index (χ1n) is 11.8. The van der Waals surface area contributed by atoms with Gasteiger partial charge >= 0.3 is 6.03 Å². The SMILES string of the molecule is COc1ccc(C2(c3ccc(OC)cc3)NC(=O)N(CC(=O)c3cc(C)n(C(C)C)c3C)C2=O)cc1. The molecule has 8 nitrogen and oxygen atoms in total. The molecule has 0 bridgehead atoms. The molecule has 2 heterocycles. The molecule has 1 aliphatic rings. The number of carbonyl (C=O) groups excluding carboxylic acids is 3. The number of methoxy groups -OCH3 is 2. The Kier molecular flexibility index (Phi) is 6.63. The van der Waals surface area contributed by atoms with Gasteiger partial charge in [-0.3, -0.25) is 14.5 Å². The maximum atomic E-state index is 14.0. The normalized spacial score (nSPS) is 14.8. The minimum atomic E-state index is -1.50. The highest BCUT2D eigenvalue weighted by Gasteiger charge is 2.54. The number of ketones is 1. The van der Waals surface area contributed by atoms with Crippen LogP contribution in [0.2, 0.25) is 0 Å². The Morgan fingerprint density at radius 1 is 0.917 bits per heavy atom. The maximum Gasteiger partial charge on any atom is 0.325 e. The Morgan fingerprint density at radius 3 is 1.83 bits per heavy atom. The summed E-state index contributed by atoms with van der Waals surface area (Å²) in [4.78, 5) is 41.5. The van der Waals surface area contributed by atoms with Gasteiger partial charge in [-0.15, -0.1) is 0 Å². The summed E-state index contributed by atoms with van der Waals surface area (Å²) in [5.74, 6) is 0.425. The molecule has 3 aromatic rings. The number of nitrogens with one attached hydrogen (secondary N) is 1. The van der Waals surface area contributed by atoms with E-state index in [2.05, 4.69) is 9.88 Å². The van der Waals surface area contributed by atoms with Crippen LogP contribution in [-0.4, -0.2) is 48.0 Å². The van der Waals surface area contributed by atoms with E-state index in [1.165, 1.54) is 0 Å². The van der Waals surface area contributed by atoms with Gasteiger partial charge in [-0.25, -0.2) is 4.79 Å². The number of carbonyl (C=O) groups is 3. The lowest BCUT2D eigenvalue weighted by Crippen LogP contribution is -2.45. The van der Waals surface area contributed by atoms with Crippen LogP contribution in [0.5, 0.6) is 11.5 Å². The maximum absolute atomic E-state index is 14.0. The van der Waals surface area contributed by atoms with E-state index in [0.717, 1.165) is 16.3 Å². The lowest BCUT2D eigenvalue weighted by molar-refractivity contribution is -0.129. The van der Waals surface area contributed by atoms with Crippen molar-refractivity contribution in [3.05, 3.63) is 82.7 Å². The summed E-state index contributed by atoms with van der Waals surface area (Å²) in [5, 5.41) is 2.88. The second-order valence-electron chi connectivity index (χ2n) is 9.20. The number of Topliss-reactive ketones (excluding diaryl/α,β-unsaturated/α-hetero) is 1. The lowest BCUT2D eigenvalue weighted by atomic mass is 9.82. The van der Waals surface area contributed by atoms with Crippen molar-refractivity contribution in [1.29, 1.82) is 0 Å². The third-order valence-electron chi connectivity index (χ3n) is 6.75. The largest absolute Gasteiger partial charge is 0.497 e. The molecule has 4 rings (SSSR count). The van der Waals surface area contributed by atoms with E-state index < -0.39 is 17.5 Å². The molecular weight excluding hydrogens is 458 g/mol. The molecule has 0 saturated carbocycles. The number of aryl methyl sites for hydroxylation is 1. The number of benzene rings is 2. The predicted octanol–water partition coefficient (Wildman–Crippen LogP) is 4.38. The minimum Gasteiger partial charge on any atom is -0.497 e. The van der Waals surface area contributed by atoms with Gasteiger partial charge in [-0.1, -0.05) is 24.3 Å². The highest BCUT2D eigenvalue weighted by Crippen LogP contribution is 2.37. The van der Waals surface area contributed by atoms with Gasteiger partial charge in [-0.05, 0) is 69.2 Å². The van der Waals surface area contributed by atoms with Crippen LogP contribution in [0.25, 0.3) is 0 Å².